The fourth-order valence-electron chi connectivity index (χ4n) is 4.40. The van der Waals surface area contributed by atoms with Crippen molar-refractivity contribution in [3.05, 3.63) is 29.8 Å². The lowest BCUT2D eigenvalue weighted by Gasteiger charge is -2.43. The lowest BCUT2D eigenvalue weighted by Crippen LogP contribution is -2.59. The number of unbranched alkanes of at least 4 members (excludes halogenated alkanes) is 11. The molecule has 0 N–H and O–H groups in total. The second kappa shape index (κ2) is 18.4. The Kier molecular flexibility index (Phi) is 16.8. The molecule has 1 saturated heterocycles. The first-order valence-electron chi connectivity index (χ1n) is 13.3. The van der Waals surface area contributed by atoms with Gasteiger partial charge in [0.25, 0.3) is 0 Å². The summed E-state index contributed by atoms with van der Waals surface area (Å²) in [4.78, 5) is -0.0304. The molecule has 7 heteroatoms. The molecule has 0 aromatic heterocycles. The second-order valence-corrected chi connectivity index (χ2v) is 11.9. The van der Waals surface area contributed by atoms with E-state index in [2.05, 4.69) is 28.8 Å². The molecule has 200 valence electrons. The Bertz CT molecular complexity index is 814. The molecule has 35 heavy (non-hydrogen) atoms. The highest BCUT2D eigenvalue weighted by Gasteiger charge is 2.35. The van der Waals surface area contributed by atoms with Crippen LogP contribution in [0.4, 0.5) is 0 Å². The summed E-state index contributed by atoms with van der Waals surface area (Å²) in [5.41, 5.74) is 0.928. The molecule has 0 aliphatic carbocycles. The summed E-state index contributed by atoms with van der Waals surface area (Å²) in [6.07, 6.45) is 22.5. The second-order valence-electron chi connectivity index (χ2n) is 9.66. The lowest BCUT2D eigenvalue weighted by molar-refractivity contribution is -0.936. The Labute approximate surface area is 223 Å². The van der Waals surface area contributed by atoms with E-state index in [1.807, 2.05) is 6.92 Å². The molecule has 1 unspecified atom stereocenters. The Morgan fingerprint density at radius 2 is 1.40 bits per heavy atom. The van der Waals surface area contributed by atoms with Crippen LogP contribution in [-0.2, 0) is 14.9 Å². The SMILES string of the molecule is C#CC(Br)[N+]1(CCCCCCCCCCCCCC)CCOCC1.Cc1ccc(S(=O)(=O)[O-])cc1. The van der Waals surface area contributed by atoms with Crippen molar-refractivity contribution < 1.29 is 22.2 Å². The summed E-state index contributed by atoms with van der Waals surface area (Å²) in [6.45, 7) is 9.11. The van der Waals surface area contributed by atoms with E-state index in [4.69, 9.17) is 11.2 Å². The molecule has 1 aromatic rings. The number of nitrogens with zero attached hydrogens (tertiary/aromatic N) is 1. The van der Waals surface area contributed by atoms with Crippen LogP contribution in [0.3, 0.4) is 0 Å². The molecule has 1 atom stereocenters. The summed E-state index contributed by atoms with van der Waals surface area (Å²) in [5, 5.41) is 0. The van der Waals surface area contributed by atoms with E-state index >= 15 is 0 Å². The quantitative estimate of drug-likeness (QED) is 0.0580. The van der Waals surface area contributed by atoms with Crippen LogP contribution in [0.25, 0.3) is 0 Å². The van der Waals surface area contributed by atoms with Gasteiger partial charge in [-0.2, -0.15) is 0 Å². The Morgan fingerprint density at radius 1 is 0.943 bits per heavy atom. The average molecular weight is 573 g/mol. The van der Waals surface area contributed by atoms with Crippen molar-refractivity contribution in [3.8, 4) is 12.3 Å². The van der Waals surface area contributed by atoms with E-state index in [9.17, 15) is 13.0 Å². The van der Waals surface area contributed by atoms with Gasteiger partial charge in [0.05, 0.1) is 24.7 Å². The highest BCUT2D eigenvalue weighted by atomic mass is 79.9. The molecular formula is C28H46BrNO4S. The highest BCUT2D eigenvalue weighted by molar-refractivity contribution is 9.09. The number of halogens is 1. The van der Waals surface area contributed by atoms with Crippen LogP contribution in [0.15, 0.2) is 29.2 Å². The maximum Gasteiger partial charge on any atom is 0.205 e. The zero-order valence-electron chi connectivity index (χ0n) is 21.9. The van der Waals surface area contributed by atoms with Crippen molar-refractivity contribution >= 4 is 26.0 Å². The third-order valence-corrected chi connectivity index (χ3v) is 8.73. The van der Waals surface area contributed by atoms with Gasteiger partial charge in [0.15, 0.2) is 0 Å². The monoisotopic (exact) mass is 571 g/mol. The average Bonchev–Trinajstić information content (AvgIpc) is 2.85. The van der Waals surface area contributed by atoms with Gasteiger partial charge in [-0.25, -0.2) is 8.42 Å². The number of terminal acetylenes is 1. The van der Waals surface area contributed by atoms with Gasteiger partial charge in [0.1, 0.15) is 23.2 Å². The summed E-state index contributed by atoms with van der Waals surface area (Å²) >= 11 is 3.71. The first kappa shape index (κ1) is 32.1. The number of ether oxygens (including phenoxy) is 1. The summed E-state index contributed by atoms with van der Waals surface area (Å²) in [7, 11) is -4.27. The molecule has 0 saturated carbocycles. The van der Waals surface area contributed by atoms with Crippen LogP contribution in [-0.4, -0.2) is 55.3 Å². The van der Waals surface area contributed by atoms with Crippen LogP contribution < -0.4 is 0 Å². The van der Waals surface area contributed by atoms with Gasteiger partial charge in [0.2, 0.25) is 4.95 Å². The predicted molar refractivity (Wildman–Crippen MR) is 147 cm³/mol. The molecule has 1 fully saturated rings. The fraction of sp³-hybridized carbons (Fsp3) is 0.714. The van der Waals surface area contributed by atoms with E-state index < -0.39 is 10.1 Å². The van der Waals surface area contributed by atoms with Gasteiger partial charge in [-0.1, -0.05) is 88.8 Å². The van der Waals surface area contributed by atoms with Crippen LogP contribution >= 0.6 is 15.9 Å². The molecule has 0 bridgehead atoms. The number of hydrogen-bond acceptors (Lipinski definition) is 4. The first-order chi connectivity index (χ1) is 16.7. The predicted octanol–water partition coefficient (Wildman–Crippen LogP) is 6.79. The number of hydrogen-bond donors (Lipinski definition) is 0. The van der Waals surface area contributed by atoms with E-state index in [0.717, 1.165) is 36.3 Å². The normalized spacial score (nSPS) is 16.1. The highest BCUT2D eigenvalue weighted by Crippen LogP contribution is 2.23. The van der Waals surface area contributed by atoms with E-state index in [-0.39, 0.29) is 9.85 Å². The number of morpholine rings is 1. The summed E-state index contributed by atoms with van der Waals surface area (Å²) in [5.74, 6) is 2.90. The molecule has 0 spiro atoms. The largest absolute Gasteiger partial charge is 0.744 e. The van der Waals surface area contributed by atoms with Crippen molar-refractivity contribution in [3.63, 3.8) is 0 Å². The molecule has 5 nitrogen and oxygen atoms in total. The number of rotatable bonds is 15. The number of quaternary nitrogens is 1. The van der Waals surface area contributed by atoms with Crippen molar-refractivity contribution in [2.45, 2.75) is 101 Å². The molecule has 2 rings (SSSR count). The van der Waals surface area contributed by atoms with Crippen LogP contribution in [0.5, 0.6) is 0 Å². The molecule has 1 aliphatic rings. The molecule has 0 amide bonds. The van der Waals surface area contributed by atoms with Gasteiger partial charge < -0.3 is 9.29 Å². The molecule has 1 aromatic carbocycles. The van der Waals surface area contributed by atoms with Crippen LogP contribution in [0, 0.1) is 19.3 Å². The molecule has 1 heterocycles. The lowest BCUT2D eigenvalue weighted by atomic mass is 10.0. The summed E-state index contributed by atoms with van der Waals surface area (Å²) in [6, 6.07) is 5.78. The Hall–Kier alpha value is -0.910. The molecular weight excluding hydrogens is 526 g/mol. The smallest absolute Gasteiger partial charge is 0.205 e. The third kappa shape index (κ3) is 13.8. The van der Waals surface area contributed by atoms with Crippen molar-refractivity contribution in [1.29, 1.82) is 0 Å². The zero-order chi connectivity index (χ0) is 26.0. The van der Waals surface area contributed by atoms with E-state index in [0.29, 0.717) is 0 Å². The molecule has 1 aliphatic heterocycles. The maximum absolute atomic E-state index is 10.4. The Morgan fingerprint density at radius 3 is 1.83 bits per heavy atom. The molecule has 0 radical (unpaired) electrons. The minimum absolute atomic E-state index is 0.147. The first-order valence-corrected chi connectivity index (χ1v) is 15.6. The van der Waals surface area contributed by atoms with Crippen LogP contribution in [0.2, 0.25) is 0 Å². The topological polar surface area (TPSA) is 66.4 Å². The number of aryl methyl sites for hydroxylation is 1. The van der Waals surface area contributed by atoms with Gasteiger partial charge in [-0.15, -0.1) is 6.42 Å². The minimum atomic E-state index is -4.27. The third-order valence-electron chi connectivity index (χ3n) is 6.75. The number of alkyl halides is 1. The van der Waals surface area contributed by atoms with Crippen molar-refractivity contribution in [2.75, 3.05) is 32.8 Å². The van der Waals surface area contributed by atoms with E-state index in [1.165, 1.54) is 95.7 Å². The standard InChI is InChI=1S/C21H39BrNO.C7H8O3S/c1-3-5-6-7-8-9-10-11-12-13-14-15-16-23(21(22)4-2)17-19-24-20-18-23;1-6-2-4-7(5-3-6)11(8,9)10/h2,21H,3,5-20H2,1H3;2-5H,1H3,(H,8,9,10)/q+1;/p-1. The Balaban J connectivity index is 0.000000462. The fourth-order valence-corrected chi connectivity index (χ4v) is 5.48. The van der Waals surface area contributed by atoms with Crippen LogP contribution in [0.1, 0.15) is 89.5 Å². The number of benzene rings is 1. The van der Waals surface area contributed by atoms with E-state index in [1.54, 1.807) is 12.1 Å². The van der Waals surface area contributed by atoms with Crippen molar-refractivity contribution in [2.24, 2.45) is 0 Å². The summed E-state index contributed by atoms with van der Waals surface area (Å²) < 4.78 is 37.7. The maximum atomic E-state index is 10.4. The van der Waals surface area contributed by atoms with Gasteiger partial charge in [-0.05, 0) is 53.7 Å². The minimum Gasteiger partial charge on any atom is -0.744 e. The van der Waals surface area contributed by atoms with Gasteiger partial charge >= 0.3 is 0 Å². The zero-order valence-corrected chi connectivity index (χ0v) is 24.3. The van der Waals surface area contributed by atoms with Gasteiger partial charge in [-0.3, -0.25) is 4.48 Å². The van der Waals surface area contributed by atoms with Gasteiger partial charge in [0, 0.05) is 0 Å². The van der Waals surface area contributed by atoms with Crippen molar-refractivity contribution in [1.82, 2.24) is 0 Å².